The number of unbranched alkanes of at least 4 members (excludes halogenated alkanes) is 2. The average molecular weight is 230 g/mol. The molecule has 0 aliphatic heterocycles. The second kappa shape index (κ2) is 11.4. The Kier molecular flexibility index (Phi) is 11.3. The molecule has 0 spiro atoms. The van der Waals surface area contributed by atoms with Crippen molar-refractivity contribution >= 4 is 0 Å². The topological polar surface area (TPSA) is 35.5 Å². The van der Waals surface area contributed by atoms with E-state index >= 15 is 0 Å². The van der Waals surface area contributed by atoms with Gasteiger partial charge in [-0.1, -0.05) is 13.8 Å². The number of aliphatic hydroxyl groups excluding tert-OH is 1. The Morgan fingerprint density at radius 2 is 2.00 bits per heavy atom. The Hall–Kier alpha value is -0.120. The van der Waals surface area contributed by atoms with Crippen LogP contribution in [-0.4, -0.2) is 49.8 Å². The Bertz CT molecular complexity index is 142. The summed E-state index contributed by atoms with van der Waals surface area (Å²) in [7, 11) is 2.19. The number of rotatable bonds is 11. The summed E-state index contributed by atoms with van der Waals surface area (Å²) in [6.45, 7) is 9.40. The maximum Gasteiger partial charge on any atom is 0.0431 e. The number of nitrogens with zero attached hydrogens (tertiary/aromatic N) is 1. The maximum atomic E-state index is 8.68. The molecule has 1 atom stereocenters. The third kappa shape index (κ3) is 10.4. The quantitative estimate of drug-likeness (QED) is 0.531. The zero-order valence-electron chi connectivity index (χ0n) is 11.3. The van der Waals surface area contributed by atoms with Gasteiger partial charge in [0.25, 0.3) is 0 Å². The second-order valence-corrected chi connectivity index (χ2v) is 4.86. The van der Waals surface area contributed by atoms with E-state index in [9.17, 15) is 0 Å². The predicted molar refractivity (Wildman–Crippen MR) is 70.8 cm³/mol. The minimum absolute atomic E-state index is 0.334. The number of hydrogen-bond acceptors (Lipinski definition) is 3. The Morgan fingerprint density at radius 3 is 2.62 bits per heavy atom. The van der Waals surface area contributed by atoms with Crippen molar-refractivity contribution in [2.24, 2.45) is 5.92 Å². The molecule has 0 fully saturated rings. The first-order valence-corrected chi connectivity index (χ1v) is 6.70. The lowest BCUT2D eigenvalue weighted by Crippen LogP contribution is -2.31. The van der Waals surface area contributed by atoms with Crippen molar-refractivity contribution in [3.8, 4) is 0 Å². The van der Waals surface area contributed by atoms with Gasteiger partial charge in [0, 0.05) is 13.2 Å². The fourth-order valence-corrected chi connectivity index (χ4v) is 1.88. The van der Waals surface area contributed by atoms with Crippen LogP contribution in [-0.2, 0) is 0 Å². The molecule has 1 unspecified atom stereocenters. The third-order valence-corrected chi connectivity index (χ3v) is 2.74. The molecule has 3 nitrogen and oxygen atoms in total. The van der Waals surface area contributed by atoms with Crippen LogP contribution in [0.15, 0.2) is 0 Å². The Labute approximate surface area is 101 Å². The van der Waals surface area contributed by atoms with Crippen molar-refractivity contribution in [1.82, 2.24) is 10.2 Å². The fourth-order valence-electron chi connectivity index (χ4n) is 1.88. The van der Waals surface area contributed by atoms with Crippen LogP contribution in [0.4, 0.5) is 0 Å². The van der Waals surface area contributed by atoms with Gasteiger partial charge in [0.15, 0.2) is 0 Å². The summed E-state index contributed by atoms with van der Waals surface area (Å²) in [5.74, 6) is 0.717. The average Bonchev–Trinajstić information content (AvgIpc) is 2.25. The summed E-state index contributed by atoms with van der Waals surface area (Å²) >= 11 is 0. The van der Waals surface area contributed by atoms with Crippen LogP contribution in [0.5, 0.6) is 0 Å². The summed E-state index contributed by atoms with van der Waals surface area (Å²) in [5, 5.41) is 12.1. The van der Waals surface area contributed by atoms with Crippen molar-refractivity contribution in [3.63, 3.8) is 0 Å². The van der Waals surface area contributed by atoms with E-state index in [4.69, 9.17) is 5.11 Å². The van der Waals surface area contributed by atoms with Gasteiger partial charge < -0.3 is 15.3 Å². The van der Waals surface area contributed by atoms with E-state index in [2.05, 4.69) is 31.1 Å². The zero-order valence-corrected chi connectivity index (χ0v) is 11.3. The normalized spacial score (nSPS) is 13.3. The molecule has 0 bridgehead atoms. The Balaban J connectivity index is 3.35. The molecular formula is C13H30N2O. The monoisotopic (exact) mass is 230 g/mol. The van der Waals surface area contributed by atoms with Crippen molar-refractivity contribution in [3.05, 3.63) is 0 Å². The minimum Gasteiger partial charge on any atom is -0.396 e. The molecule has 0 aliphatic rings. The van der Waals surface area contributed by atoms with Gasteiger partial charge in [-0.15, -0.1) is 0 Å². The molecule has 0 aromatic rings. The summed E-state index contributed by atoms with van der Waals surface area (Å²) < 4.78 is 0. The van der Waals surface area contributed by atoms with Crippen LogP contribution in [0, 0.1) is 5.92 Å². The lowest BCUT2D eigenvalue weighted by Gasteiger charge is -2.21. The van der Waals surface area contributed by atoms with E-state index in [1.54, 1.807) is 0 Å². The van der Waals surface area contributed by atoms with Gasteiger partial charge in [0.2, 0.25) is 0 Å². The van der Waals surface area contributed by atoms with Crippen LogP contribution in [0.1, 0.15) is 39.5 Å². The molecule has 3 heteroatoms. The van der Waals surface area contributed by atoms with E-state index in [0.717, 1.165) is 44.9 Å². The number of aliphatic hydroxyl groups is 1. The number of hydrogen-bond donors (Lipinski definition) is 2. The summed E-state index contributed by atoms with van der Waals surface area (Å²) in [5.41, 5.74) is 0. The smallest absolute Gasteiger partial charge is 0.0431 e. The molecule has 0 saturated heterocycles. The van der Waals surface area contributed by atoms with Gasteiger partial charge in [0.05, 0.1) is 0 Å². The van der Waals surface area contributed by atoms with Crippen molar-refractivity contribution in [2.75, 3.05) is 39.8 Å². The van der Waals surface area contributed by atoms with Crippen LogP contribution in [0.25, 0.3) is 0 Å². The molecule has 0 aliphatic carbocycles. The summed E-state index contributed by atoms with van der Waals surface area (Å²) in [4.78, 5) is 2.40. The van der Waals surface area contributed by atoms with Gasteiger partial charge in [-0.25, -0.2) is 0 Å². The van der Waals surface area contributed by atoms with Gasteiger partial charge in [-0.2, -0.15) is 0 Å². The SMILES string of the molecule is CCCNCC(C)CN(C)CCCCCO. The molecule has 0 radical (unpaired) electrons. The van der Waals surface area contributed by atoms with Gasteiger partial charge >= 0.3 is 0 Å². The number of nitrogens with one attached hydrogen (secondary N) is 1. The first-order valence-electron chi connectivity index (χ1n) is 6.70. The zero-order chi connectivity index (χ0) is 12.2. The van der Waals surface area contributed by atoms with Crippen LogP contribution < -0.4 is 5.32 Å². The van der Waals surface area contributed by atoms with Crippen LogP contribution in [0.2, 0.25) is 0 Å². The minimum atomic E-state index is 0.334. The van der Waals surface area contributed by atoms with Gasteiger partial charge in [-0.05, 0) is 58.3 Å². The standard InChI is InChI=1S/C13H30N2O/c1-4-8-14-11-13(2)12-15(3)9-6-5-7-10-16/h13-14,16H,4-12H2,1-3H3. The Morgan fingerprint density at radius 1 is 1.25 bits per heavy atom. The second-order valence-electron chi connectivity index (χ2n) is 4.86. The lowest BCUT2D eigenvalue weighted by atomic mass is 10.1. The van der Waals surface area contributed by atoms with E-state index in [-0.39, 0.29) is 0 Å². The van der Waals surface area contributed by atoms with Crippen LogP contribution >= 0.6 is 0 Å². The summed E-state index contributed by atoms with van der Waals surface area (Å²) in [6.07, 6.45) is 4.50. The molecule has 16 heavy (non-hydrogen) atoms. The molecule has 0 amide bonds. The van der Waals surface area contributed by atoms with E-state index in [1.165, 1.54) is 12.8 Å². The van der Waals surface area contributed by atoms with Crippen LogP contribution in [0.3, 0.4) is 0 Å². The molecule has 0 saturated carbocycles. The molecule has 0 aromatic carbocycles. The first-order chi connectivity index (χ1) is 7.70. The maximum absolute atomic E-state index is 8.68. The van der Waals surface area contributed by atoms with Gasteiger partial charge in [-0.3, -0.25) is 0 Å². The largest absolute Gasteiger partial charge is 0.396 e. The molecule has 0 aromatic heterocycles. The third-order valence-electron chi connectivity index (χ3n) is 2.74. The predicted octanol–water partition coefficient (Wildman–Crippen LogP) is 1.72. The van der Waals surface area contributed by atoms with E-state index in [0.29, 0.717) is 6.61 Å². The summed E-state index contributed by atoms with van der Waals surface area (Å²) in [6, 6.07) is 0. The fraction of sp³-hybridized carbons (Fsp3) is 1.00. The highest BCUT2D eigenvalue weighted by atomic mass is 16.2. The first kappa shape index (κ1) is 15.9. The molecular weight excluding hydrogens is 200 g/mol. The molecule has 0 rings (SSSR count). The van der Waals surface area contributed by atoms with Crippen molar-refractivity contribution in [1.29, 1.82) is 0 Å². The molecule has 0 heterocycles. The van der Waals surface area contributed by atoms with Crippen molar-refractivity contribution < 1.29 is 5.11 Å². The van der Waals surface area contributed by atoms with Gasteiger partial charge in [0.1, 0.15) is 0 Å². The highest BCUT2D eigenvalue weighted by Gasteiger charge is 2.05. The molecule has 98 valence electrons. The van der Waals surface area contributed by atoms with E-state index < -0.39 is 0 Å². The highest BCUT2D eigenvalue weighted by molar-refractivity contribution is 4.62. The van der Waals surface area contributed by atoms with E-state index in [1.807, 2.05) is 0 Å². The highest BCUT2D eigenvalue weighted by Crippen LogP contribution is 2.00. The molecule has 2 N–H and O–H groups in total. The van der Waals surface area contributed by atoms with Crippen molar-refractivity contribution in [2.45, 2.75) is 39.5 Å². The lowest BCUT2D eigenvalue weighted by molar-refractivity contribution is 0.258.